The molecule has 0 N–H and O–H groups in total. The molecule has 1 aliphatic rings. The van der Waals surface area contributed by atoms with E-state index in [1.807, 2.05) is 6.07 Å². The maximum atomic E-state index is 5.99. The molecule has 0 aromatic carbocycles. The van der Waals surface area contributed by atoms with Crippen LogP contribution in [-0.2, 0) is 0 Å². The van der Waals surface area contributed by atoms with Gasteiger partial charge in [-0.1, -0.05) is 32.4 Å². The van der Waals surface area contributed by atoms with Crippen LogP contribution in [0.2, 0.25) is 5.15 Å². The normalized spacial score (nSPS) is 16.8. The fourth-order valence-electron chi connectivity index (χ4n) is 1.30. The van der Waals surface area contributed by atoms with Crippen LogP contribution in [0.1, 0.15) is 45.4 Å². The van der Waals surface area contributed by atoms with Crippen molar-refractivity contribution in [1.29, 1.82) is 0 Å². The minimum Gasteiger partial charge on any atom is -0.226 e. The first-order chi connectivity index (χ1) is 6.94. The fourth-order valence-corrected chi connectivity index (χ4v) is 2.50. The van der Waals surface area contributed by atoms with Crippen molar-refractivity contribution in [3.05, 3.63) is 17.0 Å². The second kappa shape index (κ2) is 3.95. The zero-order valence-electron chi connectivity index (χ0n) is 9.25. The average molecular weight is 243 g/mol. The highest BCUT2D eigenvalue weighted by molar-refractivity contribution is 8.00. The minimum atomic E-state index is 0.165. The standard InChI is InChI=1S/C11H15ClN2S/c1-11(2,3)15-9-6-8(12)13-10(14-9)7-4-5-7/h6-7H,4-5H2,1-3H3. The summed E-state index contributed by atoms with van der Waals surface area (Å²) >= 11 is 7.72. The molecule has 0 spiro atoms. The molecular weight excluding hydrogens is 228 g/mol. The van der Waals surface area contributed by atoms with E-state index in [0.29, 0.717) is 11.1 Å². The van der Waals surface area contributed by atoms with Crippen LogP contribution < -0.4 is 0 Å². The lowest BCUT2D eigenvalue weighted by Crippen LogP contribution is -2.08. The summed E-state index contributed by atoms with van der Waals surface area (Å²) in [5.74, 6) is 1.48. The monoisotopic (exact) mass is 242 g/mol. The van der Waals surface area contributed by atoms with E-state index in [1.54, 1.807) is 11.8 Å². The van der Waals surface area contributed by atoms with Gasteiger partial charge in [-0.2, -0.15) is 0 Å². The highest BCUT2D eigenvalue weighted by Gasteiger charge is 2.27. The Labute approximate surface area is 99.8 Å². The molecule has 2 rings (SSSR count). The Morgan fingerprint density at radius 1 is 1.33 bits per heavy atom. The van der Waals surface area contributed by atoms with Crippen molar-refractivity contribution in [3.8, 4) is 0 Å². The lowest BCUT2D eigenvalue weighted by molar-refractivity contribution is 0.793. The molecule has 0 amide bonds. The minimum absolute atomic E-state index is 0.165. The van der Waals surface area contributed by atoms with Gasteiger partial charge >= 0.3 is 0 Å². The lowest BCUT2D eigenvalue weighted by Gasteiger charge is -2.17. The predicted molar refractivity (Wildman–Crippen MR) is 64.6 cm³/mol. The molecule has 1 heterocycles. The van der Waals surface area contributed by atoms with E-state index in [-0.39, 0.29) is 4.75 Å². The molecule has 82 valence electrons. The Balaban J connectivity index is 2.23. The van der Waals surface area contributed by atoms with Gasteiger partial charge in [0.15, 0.2) is 0 Å². The third-order valence-electron chi connectivity index (χ3n) is 2.04. The summed E-state index contributed by atoms with van der Waals surface area (Å²) in [5, 5.41) is 1.56. The van der Waals surface area contributed by atoms with E-state index in [4.69, 9.17) is 11.6 Å². The summed E-state index contributed by atoms with van der Waals surface area (Å²) in [6, 6.07) is 1.85. The van der Waals surface area contributed by atoms with Crippen molar-refractivity contribution in [1.82, 2.24) is 9.97 Å². The first-order valence-corrected chi connectivity index (χ1v) is 6.37. The molecule has 1 aromatic heterocycles. The van der Waals surface area contributed by atoms with Gasteiger partial charge in [-0.3, -0.25) is 0 Å². The molecule has 0 unspecified atom stereocenters. The first kappa shape index (κ1) is 11.2. The summed E-state index contributed by atoms with van der Waals surface area (Å²) in [6.45, 7) is 6.51. The van der Waals surface area contributed by atoms with Gasteiger partial charge in [0.1, 0.15) is 16.0 Å². The van der Waals surface area contributed by atoms with Crippen LogP contribution >= 0.6 is 23.4 Å². The number of hydrogen-bond acceptors (Lipinski definition) is 3. The van der Waals surface area contributed by atoms with Crippen LogP contribution in [0.15, 0.2) is 11.1 Å². The van der Waals surface area contributed by atoms with Gasteiger partial charge in [-0.25, -0.2) is 9.97 Å². The first-order valence-electron chi connectivity index (χ1n) is 5.17. The molecule has 4 heteroatoms. The van der Waals surface area contributed by atoms with E-state index < -0.39 is 0 Å². The molecule has 2 nitrogen and oxygen atoms in total. The predicted octanol–water partition coefficient (Wildman–Crippen LogP) is 3.90. The van der Waals surface area contributed by atoms with Crippen molar-refractivity contribution < 1.29 is 0 Å². The van der Waals surface area contributed by atoms with Crippen molar-refractivity contribution in [2.75, 3.05) is 0 Å². The zero-order valence-corrected chi connectivity index (χ0v) is 10.8. The maximum Gasteiger partial charge on any atom is 0.134 e. The summed E-state index contributed by atoms with van der Waals surface area (Å²) in [7, 11) is 0. The molecule has 1 aromatic rings. The van der Waals surface area contributed by atoms with Crippen LogP contribution in [0.5, 0.6) is 0 Å². The fraction of sp³-hybridized carbons (Fsp3) is 0.636. The maximum absolute atomic E-state index is 5.99. The third kappa shape index (κ3) is 3.35. The van der Waals surface area contributed by atoms with E-state index in [9.17, 15) is 0 Å². The van der Waals surface area contributed by atoms with Crippen molar-refractivity contribution in [2.24, 2.45) is 0 Å². The summed E-state index contributed by atoms with van der Waals surface area (Å²) in [4.78, 5) is 8.82. The number of rotatable bonds is 2. The summed E-state index contributed by atoms with van der Waals surface area (Å²) in [6.07, 6.45) is 2.42. The lowest BCUT2D eigenvalue weighted by atomic mass is 10.3. The van der Waals surface area contributed by atoms with Crippen LogP contribution in [0, 0.1) is 0 Å². The zero-order chi connectivity index (χ0) is 11.1. The molecule has 15 heavy (non-hydrogen) atoms. The number of nitrogens with zero attached hydrogens (tertiary/aromatic N) is 2. The van der Waals surface area contributed by atoms with Crippen molar-refractivity contribution in [2.45, 2.75) is 49.3 Å². The number of thioether (sulfide) groups is 1. The molecule has 0 atom stereocenters. The van der Waals surface area contributed by atoms with Crippen molar-refractivity contribution in [3.63, 3.8) is 0 Å². The molecule has 0 radical (unpaired) electrons. The highest BCUT2D eigenvalue weighted by Crippen LogP contribution is 2.40. The van der Waals surface area contributed by atoms with Crippen LogP contribution in [0.4, 0.5) is 0 Å². The number of halogens is 1. The van der Waals surface area contributed by atoms with Crippen LogP contribution in [0.3, 0.4) is 0 Å². The Morgan fingerprint density at radius 2 is 2.00 bits per heavy atom. The number of aromatic nitrogens is 2. The van der Waals surface area contributed by atoms with E-state index in [1.165, 1.54) is 12.8 Å². The molecular formula is C11H15ClN2S. The molecule has 0 saturated heterocycles. The van der Waals surface area contributed by atoms with Crippen LogP contribution in [-0.4, -0.2) is 14.7 Å². The van der Waals surface area contributed by atoms with Gasteiger partial charge in [0.25, 0.3) is 0 Å². The largest absolute Gasteiger partial charge is 0.226 e. The topological polar surface area (TPSA) is 25.8 Å². The smallest absolute Gasteiger partial charge is 0.134 e. The second-order valence-electron chi connectivity index (χ2n) is 4.88. The van der Waals surface area contributed by atoms with Gasteiger partial charge in [0, 0.05) is 16.7 Å². The van der Waals surface area contributed by atoms with Gasteiger partial charge in [0.05, 0.1) is 0 Å². The summed E-state index contributed by atoms with van der Waals surface area (Å²) < 4.78 is 0.165. The molecule has 0 bridgehead atoms. The van der Waals surface area contributed by atoms with E-state index in [2.05, 4.69) is 30.7 Å². The average Bonchev–Trinajstić information content (AvgIpc) is 2.80. The summed E-state index contributed by atoms with van der Waals surface area (Å²) in [5.41, 5.74) is 0. The van der Waals surface area contributed by atoms with Gasteiger partial charge in [0.2, 0.25) is 0 Å². The van der Waals surface area contributed by atoms with Gasteiger partial charge in [-0.05, 0) is 12.8 Å². The molecule has 1 saturated carbocycles. The number of hydrogen-bond donors (Lipinski definition) is 0. The van der Waals surface area contributed by atoms with E-state index >= 15 is 0 Å². The Hall–Kier alpha value is -0.280. The third-order valence-corrected chi connectivity index (χ3v) is 3.27. The Bertz CT molecular complexity index is 369. The van der Waals surface area contributed by atoms with Gasteiger partial charge < -0.3 is 0 Å². The highest BCUT2D eigenvalue weighted by atomic mass is 35.5. The van der Waals surface area contributed by atoms with Crippen molar-refractivity contribution >= 4 is 23.4 Å². The molecule has 1 fully saturated rings. The molecule has 1 aliphatic carbocycles. The van der Waals surface area contributed by atoms with Gasteiger partial charge in [-0.15, -0.1) is 11.8 Å². The quantitative estimate of drug-likeness (QED) is 0.581. The van der Waals surface area contributed by atoms with E-state index in [0.717, 1.165) is 10.9 Å². The second-order valence-corrected chi connectivity index (χ2v) is 7.11. The molecule has 0 aliphatic heterocycles. The Morgan fingerprint density at radius 3 is 2.53 bits per heavy atom. The Kier molecular flexibility index (Phi) is 2.95. The van der Waals surface area contributed by atoms with Crippen LogP contribution in [0.25, 0.3) is 0 Å². The SMILES string of the molecule is CC(C)(C)Sc1cc(Cl)nc(C2CC2)n1.